The van der Waals surface area contributed by atoms with Crippen LogP contribution in [0.25, 0.3) is 0 Å². The Kier molecular flexibility index (Phi) is 3.94. The SMILES string of the molecule is CC1(C)C2CCC1(C)C(NS(=O)(=O)c1cccc(S(C)(=O)=O)c1)C2. The maximum absolute atomic E-state index is 12.8. The van der Waals surface area contributed by atoms with E-state index in [1.807, 2.05) is 0 Å². The molecule has 0 amide bonds. The van der Waals surface area contributed by atoms with Crippen molar-refractivity contribution in [3.8, 4) is 0 Å². The third kappa shape index (κ3) is 2.61. The van der Waals surface area contributed by atoms with Crippen LogP contribution < -0.4 is 4.72 Å². The van der Waals surface area contributed by atoms with Crippen molar-refractivity contribution < 1.29 is 16.8 Å². The smallest absolute Gasteiger partial charge is 0.224 e. The Hall–Kier alpha value is -0.920. The molecule has 1 aromatic carbocycles. The average molecular weight is 372 g/mol. The highest BCUT2D eigenvalue weighted by Gasteiger charge is 2.61. The standard InChI is InChI=1S/C17H25NO4S2/c1-16(2)12-8-9-17(16,3)15(10-12)18-24(21,22)14-7-5-6-13(11-14)23(4,19)20/h5-7,11-12,15,18H,8-10H2,1-4H3. The minimum absolute atomic E-state index is 0.00889. The van der Waals surface area contributed by atoms with Gasteiger partial charge in [0.15, 0.2) is 9.84 Å². The first-order chi connectivity index (χ1) is 10.9. The molecule has 2 aliphatic carbocycles. The van der Waals surface area contributed by atoms with Crippen molar-refractivity contribution in [1.82, 2.24) is 4.72 Å². The van der Waals surface area contributed by atoms with Gasteiger partial charge in [0.1, 0.15) is 0 Å². The minimum atomic E-state index is -3.75. The second kappa shape index (κ2) is 5.29. The molecule has 3 atom stereocenters. The summed E-state index contributed by atoms with van der Waals surface area (Å²) in [5, 5.41) is 0. The van der Waals surface area contributed by atoms with E-state index in [9.17, 15) is 16.8 Å². The molecule has 0 spiro atoms. The van der Waals surface area contributed by atoms with Gasteiger partial charge in [0.05, 0.1) is 9.79 Å². The Balaban J connectivity index is 1.91. The zero-order chi connectivity index (χ0) is 18.0. The van der Waals surface area contributed by atoms with Gasteiger partial charge < -0.3 is 0 Å². The fraction of sp³-hybridized carbons (Fsp3) is 0.647. The lowest BCUT2D eigenvalue weighted by molar-refractivity contribution is 0.130. The summed E-state index contributed by atoms with van der Waals surface area (Å²) >= 11 is 0. The molecular formula is C17H25NO4S2. The molecule has 3 unspecified atom stereocenters. The Morgan fingerprint density at radius 2 is 1.71 bits per heavy atom. The summed E-state index contributed by atoms with van der Waals surface area (Å²) in [6.45, 7) is 6.62. The molecule has 7 heteroatoms. The van der Waals surface area contributed by atoms with Crippen molar-refractivity contribution in [1.29, 1.82) is 0 Å². The maximum atomic E-state index is 12.8. The summed E-state index contributed by atoms with van der Waals surface area (Å²) in [6, 6.07) is 5.45. The first-order valence-corrected chi connectivity index (χ1v) is 11.6. The third-order valence-corrected chi connectivity index (χ3v) is 9.21. The van der Waals surface area contributed by atoms with Crippen LogP contribution >= 0.6 is 0 Å². The highest BCUT2D eigenvalue weighted by Crippen LogP contribution is 2.65. The molecule has 0 aromatic heterocycles. The largest absolute Gasteiger partial charge is 0.240 e. The molecular weight excluding hydrogens is 346 g/mol. The van der Waals surface area contributed by atoms with Crippen LogP contribution in [-0.4, -0.2) is 29.1 Å². The van der Waals surface area contributed by atoms with Gasteiger partial charge in [-0.3, -0.25) is 0 Å². The van der Waals surface area contributed by atoms with Gasteiger partial charge in [0.25, 0.3) is 0 Å². The molecule has 1 aromatic rings. The first kappa shape index (κ1) is 17.9. The number of hydrogen-bond acceptors (Lipinski definition) is 4. The molecule has 0 saturated heterocycles. The average Bonchev–Trinajstić information content (AvgIpc) is 2.79. The van der Waals surface area contributed by atoms with E-state index < -0.39 is 19.9 Å². The van der Waals surface area contributed by atoms with E-state index in [1.54, 1.807) is 0 Å². The van der Waals surface area contributed by atoms with Crippen LogP contribution in [0.3, 0.4) is 0 Å². The topological polar surface area (TPSA) is 80.3 Å². The van der Waals surface area contributed by atoms with E-state index in [-0.39, 0.29) is 26.7 Å². The number of nitrogens with one attached hydrogen (secondary N) is 1. The normalized spacial score (nSPS) is 32.2. The summed E-state index contributed by atoms with van der Waals surface area (Å²) in [5.41, 5.74) is 0.0357. The zero-order valence-corrected chi connectivity index (χ0v) is 16.2. The molecule has 24 heavy (non-hydrogen) atoms. The van der Waals surface area contributed by atoms with Gasteiger partial charge in [-0.25, -0.2) is 21.6 Å². The molecule has 3 rings (SSSR count). The van der Waals surface area contributed by atoms with Crippen molar-refractivity contribution in [2.45, 2.75) is 55.9 Å². The van der Waals surface area contributed by atoms with Gasteiger partial charge in [-0.1, -0.05) is 26.8 Å². The molecule has 0 radical (unpaired) electrons. The molecule has 2 bridgehead atoms. The molecule has 0 aliphatic heterocycles. The van der Waals surface area contributed by atoms with Gasteiger partial charge in [0, 0.05) is 12.3 Å². The molecule has 2 aliphatic rings. The van der Waals surface area contributed by atoms with Crippen LogP contribution in [-0.2, 0) is 19.9 Å². The zero-order valence-electron chi connectivity index (χ0n) is 14.5. The number of rotatable bonds is 4. The van der Waals surface area contributed by atoms with Crippen LogP contribution in [0.4, 0.5) is 0 Å². The van der Waals surface area contributed by atoms with Crippen LogP contribution in [0.15, 0.2) is 34.1 Å². The van der Waals surface area contributed by atoms with Crippen molar-refractivity contribution in [3.63, 3.8) is 0 Å². The lowest BCUT2D eigenvalue weighted by Crippen LogP contribution is -2.46. The van der Waals surface area contributed by atoms with E-state index in [0.717, 1.165) is 25.5 Å². The van der Waals surface area contributed by atoms with Crippen LogP contribution in [0.2, 0.25) is 0 Å². The Morgan fingerprint density at radius 1 is 1.08 bits per heavy atom. The van der Waals surface area contributed by atoms with Gasteiger partial charge in [0.2, 0.25) is 10.0 Å². The van der Waals surface area contributed by atoms with E-state index >= 15 is 0 Å². The molecule has 5 nitrogen and oxygen atoms in total. The van der Waals surface area contributed by atoms with E-state index in [4.69, 9.17) is 0 Å². The summed E-state index contributed by atoms with van der Waals surface area (Å²) < 4.78 is 51.8. The molecule has 134 valence electrons. The van der Waals surface area contributed by atoms with Crippen molar-refractivity contribution in [2.75, 3.05) is 6.26 Å². The molecule has 1 N–H and O–H groups in total. The van der Waals surface area contributed by atoms with Gasteiger partial charge in [-0.2, -0.15) is 0 Å². The first-order valence-electron chi connectivity index (χ1n) is 8.20. The molecule has 0 heterocycles. The number of benzene rings is 1. The van der Waals surface area contributed by atoms with Crippen LogP contribution in [0.1, 0.15) is 40.0 Å². The van der Waals surface area contributed by atoms with Crippen molar-refractivity contribution in [3.05, 3.63) is 24.3 Å². The Morgan fingerprint density at radius 3 is 2.21 bits per heavy atom. The van der Waals surface area contributed by atoms with E-state index in [1.165, 1.54) is 24.3 Å². The van der Waals surface area contributed by atoms with Crippen molar-refractivity contribution in [2.24, 2.45) is 16.7 Å². The molecule has 2 fully saturated rings. The van der Waals surface area contributed by atoms with Crippen molar-refractivity contribution >= 4 is 19.9 Å². The number of hydrogen-bond donors (Lipinski definition) is 1. The summed E-state index contributed by atoms with van der Waals surface area (Å²) in [6.07, 6.45) is 4.08. The fourth-order valence-electron chi connectivity index (χ4n) is 4.51. The van der Waals surface area contributed by atoms with Crippen LogP contribution in [0, 0.1) is 16.7 Å². The van der Waals surface area contributed by atoms with Gasteiger partial charge >= 0.3 is 0 Å². The minimum Gasteiger partial charge on any atom is -0.224 e. The predicted molar refractivity (Wildman–Crippen MR) is 92.9 cm³/mol. The van der Waals surface area contributed by atoms with Gasteiger partial charge in [-0.05, 0) is 54.2 Å². The predicted octanol–water partition coefficient (Wildman–Crippen LogP) is 2.58. The Labute approximate surface area is 144 Å². The van der Waals surface area contributed by atoms with E-state index in [2.05, 4.69) is 25.5 Å². The number of sulfone groups is 1. The summed E-state index contributed by atoms with van der Waals surface area (Å²) in [4.78, 5) is 0.0273. The monoisotopic (exact) mass is 371 g/mol. The van der Waals surface area contributed by atoms with E-state index in [0.29, 0.717) is 5.92 Å². The number of sulfonamides is 1. The summed E-state index contributed by atoms with van der Waals surface area (Å²) in [5.74, 6) is 0.526. The quantitative estimate of drug-likeness (QED) is 0.882. The summed E-state index contributed by atoms with van der Waals surface area (Å²) in [7, 11) is -7.20. The number of fused-ring (bicyclic) bond motifs is 2. The fourth-order valence-corrected chi connectivity index (χ4v) is 6.66. The highest BCUT2D eigenvalue weighted by atomic mass is 32.2. The lowest BCUT2D eigenvalue weighted by Gasteiger charge is -2.39. The highest BCUT2D eigenvalue weighted by molar-refractivity contribution is 7.91. The second-order valence-corrected chi connectivity index (χ2v) is 11.8. The Bertz CT molecular complexity index is 874. The van der Waals surface area contributed by atoms with Gasteiger partial charge in [-0.15, -0.1) is 0 Å². The third-order valence-electron chi connectivity index (χ3n) is 6.64. The second-order valence-electron chi connectivity index (χ2n) is 8.03. The maximum Gasteiger partial charge on any atom is 0.240 e. The lowest BCUT2D eigenvalue weighted by atomic mass is 9.69. The van der Waals surface area contributed by atoms with Crippen LogP contribution in [0.5, 0.6) is 0 Å². The molecule has 2 saturated carbocycles.